The van der Waals surface area contributed by atoms with Gasteiger partial charge < -0.3 is 18.3 Å². The van der Waals surface area contributed by atoms with Crippen LogP contribution in [0.4, 0.5) is 0 Å². The van der Waals surface area contributed by atoms with E-state index in [4.69, 9.17) is 0 Å². The zero-order chi connectivity index (χ0) is 75.8. The van der Waals surface area contributed by atoms with E-state index in [2.05, 4.69) is 431 Å². The Bertz CT molecular complexity index is 8000. The molecule has 4 heteroatoms. The van der Waals surface area contributed by atoms with Gasteiger partial charge in [0.1, 0.15) is 0 Å². The first-order chi connectivity index (χ1) is 57.6. The summed E-state index contributed by atoms with van der Waals surface area (Å²) in [4.78, 5) is 0. The number of hydrogen-bond donors (Lipinski definition) is 0. The molecule has 0 bridgehead atoms. The summed E-state index contributed by atoms with van der Waals surface area (Å²) >= 11 is 0. The molecule has 0 aliphatic heterocycles. The second-order valence-corrected chi connectivity index (χ2v) is 31.3. The minimum atomic E-state index is 1.15. The smallest absolute Gasteiger partial charge is 0.0546 e. The zero-order valence-corrected chi connectivity index (χ0v) is 63.0. The fourth-order valence-electron chi connectivity index (χ4n) is 20.2. The van der Waals surface area contributed by atoms with Gasteiger partial charge in [-0.3, -0.25) is 0 Å². The summed E-state index contributed by atoms with van der Waals surface area (Å²) in [6.07, 6.45) is 0. The molecular formula is C112H68N4. The monoisotopic (exact) mass is 1470 g/mol. The third-order valence-electron chi connectivity index (χ3n) is 25.3. The van der Waals surface area contributed by atoms with Crippen molar-refractivity contribution in [3.8, 4) is 112 Å². The largest absolute Gasteiger partial charge is 0.309 e. The lowest BCUT2D eigenvalue weighted by molar-refractivity contribution is 1.18. The van der Waals surface area contributed by atoms with Gasteiger partial charge in [0.2, 0.25) is 0 Å². The Hall–Kier alpha value is -15.4. The van der Waals surface area contributed by atoms with Crippen molar-refractivity contribution in [3.63, 3.8) is 0 Å². The van der Waals surface area contributed by atoms with Gasteiger partial charge in [-0.2, -0.15) is 0 Å². The lowest BCUT2D eigenvalue weighted by atomic mass is 9.99. The summed E-state index contributed by atoms with van der Waals surface area (Å²) in [7, 11) is 0. The summed E-state index contributed by atoms with van der Waals surface area (Å²) in [5.74, 6) is 0. The Morgan fingerprint density at radius 2 is 0.414 bits per heavy atom. The quantitative estimate of drug-likeness (QED) is 0.135. The Balaban J connectivity index is 0.000000130. The number of benzene rings is 20. The number of hydrogen-bond acceptors (Lipinski definition) is 0. The van der Waals surface area contributed by atoms with Gasteiger partial charge in [0.05, 0.1) is 61.2 Å². The minimum absolute atomic E-state index is 1.15. The molecular weight excluding hydrogens is 1400 g/mol. The van der Waals surface area contributed by atoms with E-state index in [0.717, 1.165) is 5.69 Å². The highest BCUT2D eigenvalue weighted by Gasteiger charge is 2.28. The Kier molecular flexibility index (Phi) is 13.9. The van der Waals surface area contributed by atoms with Crippen LogP contribution >= 0.6 is 0 Å². The van der Waals surface area contributed by atoms with Crippen molar-refractivity contribution in [2.24, 2.45) is 0 Å². The predicted octanol–water partition coefficient (Wildman–Crippen LogP) is 30.3. The molecule has 536 valence electrons. The highest BCUT2D eigenvalue weighted by atomic mass is 15.0. The molecule has 20 aromatic carbocycles. The van der Waals surface area contributed by atoms with E-state index in [9.17, 15) is 0 Å². The molecule has 2 aliphatic rings. The van der Waals surface area contributed by atoms with Crippen molar-refractivity contribution in [1.82, 2.24) is 18.3 Å². The molecule has 4 nitrogen and oxygen atoms in total. The maximum Gasteiger partial charge on any atom is 0.0546 e. The van der Waals surface area contributed by atoms with Crippen molar-refractivity contribution in [2.45, 2.75) is 0 Å². The van der Waals surface area contributed by atoms with Crippen molar-refractivity contribution < 1.29 is 0 Å². The van der Waals surface area contributed by atoms with Crippen molar-refractivity contribution in [3.05, 3.63) is 413 Å². The van der Waals surface area contributed by atoms with Gasteiger partial charge in [-0.05, 0) is 219 Å². The maximum atomic E-state index is 2.48. The molecule has 0 saturated heterocycles. The zero-order valence-electron chi connectivity index (χ0n) is 63.0. The second-order valence-electron chi connectivity index (χ2n) is 31.3. The SMILES string of the molecule is c1ccc(-c2ccc(-c3ccc(-n4c5ccccc5c5cc(-c6ccc7c(c6)c6ccccc6n7-c6cc7ccccc7c7ccccc67)ccc54)cc3)cc2)cc1.c1ccc2c(c1)-c1cccc3c(-n4c5ccccc5c5cc(-c6ccc7c(c6)c6ccccc6n7-c6ccc7c8c(cccc68)-c6ccccc6-7)ccc54)ccc-2c13. The van der Waals surface area contributed by atoms with E-state index in [0.29, 0.717) is 0 Å². The molecule has 24 aromatic rings. The van der Waals surface area contributed by atoms with Gasteiger partial charge in [0.25, 0.3) is 0 Å². The third kappa shape index (κ3) is 9.50. The fraction of sp³-hybridized carbons (Fsp3) is 0. The lowest BCUT2D eigenvalue weighted by Gasteiger charge is -2.14. The van der Waals surface area contributed by atoms with Gasteiger partial charge in [-0.25, -0.2) is 0 Å². The second kappa shape index (κ2) is 25.1. The fourth-order valence-corrected chi connectivity index (χ4v) is 20.2. The first-order valence-corrected chi connectivity index (χ1v) is 40.2. The summed E-state index contributed by atoms with van der Waals surface area (Å²) in [6, 6.07) is 152. The number of fused-ring (bicyclic) bond motifs is 21. The van der Waals surface area contributed by atoms with Crippen molar-refractivity contribution in [1.29, 1.82) is 0 Å². The molecule has 4 heterocycles. The molecule has 0 N–H and O–H groups in total. The van der Waals surface area contributed by atoms with E-state index < -0.39 is 0 Å². The molecule has 0 unspecified atom stereocenters. The van der Waals surface area contributed by atoms with Crippen LogP contribution in [0.1, 0.15) is 0 Å². The Morgan fingerprint density at radius 1 is 0.129 bits per heavy atom. The maximum absolute atomic E-state index is 2.48. The normalized spacial score (nSPS) is 12.1. The molecule has 0 amide bonds. The van der Waals surface area contributed by atoms with Crippen LogP contribution < -0.4 is 0 Å². The summed E-state index contributed by atoms with van der Waals surface area (Å²) in [6.45, 7) is 0. The molecule has 4 aromatic heterocycles. The van der Waals surface area contributed by atoms with E-state index in [-0.39, 0.29) is 0 Å². The summed E-state index contributed by atoms with van der Waals surface area (Å²) in [5.41, 5.74) is 34.8. The first-order valence-electron chi connectivity index (χ1n) is 40.2. The van der Waals surface area contributed by atoms with Crippen LogP contribution in [0.3, 0.4) is 0 Å². The van der Waals surface area contributed by atoms with Gasteiger partial charge in [-0.1, -0.05) is 309 Å². The molecule has 2 aliphatic carbocycles. The minimum Gasteiger partial charge on any atom is -0.309 e. The van der Waals surface area contributed by atoms with Crippen LogP contribution in [-0.2, 0) is 0 Å². The molecule has 0 radical (unpaired) electrons. The van der Waals surface area contributed by atoms with E-state index >= 15 is 0 Å². The van der Waals surface area contributed by atoms with Gasteiger partial charge >= 0.3 is 0 Å². The molecule has 0 fully saturated rings. The van der Waals surface area contributed by atoms with Gasteiger partial charge in [0, 0.05) is 64.9 Å². The molecule has 116 heavy (non-hydrogen) atoms. The van der Waals surface area contributed by atoms with Crippen LogP contribution in [0.15, 0.2) is 413 Å². The standard InChI is InChI=1S/C56H32N2.C56H36N2/c1-3-13-37-35(11-1)41-17-9-19-45-51(29-25-43(37)55(41)45)57-49-21-7-5-15-39(49)47-31-33(23-27-53(47)57)34-24-28-54-48(32-34)40-16-6-8-22-50(40)58(54)52-30-26-44-38-14-4-2-12-36(38)42-18-10-20-46(52)56(42)44;1-2-12-37(13-3-1)38-22-24-39(25-23-38)40-26-30-44(31-27-40)57-52-20-10-8-18-48(52)50-34-41(28-32-54(50)57)42-29-33-55-51(35-42)49-19-9-11-21-53(49)58(55)56-36-43-14-4-5-15-45(43)46-16-6-7-17-47(46)56/h1-32H;1-36H. The van der Waals surface area contributed by atoms with Gasteiger partial charge in [0.15, 0.2) is 0 Å². The van der Waals surface area contributed by atoms with Gasteiger partial charge in [-0.15, -0.1) is 0 Å². The van der Waals surface area contributed by atoms with Crippen LogP contribution in [0, 0.1) is 0 Å². The van der Waals surface area contributed by atoms with Crippen LogP contribution in [-0.4, -0.2) is 18.3 Å². The number of rotatable bonds is 8. The van der Waals surface area contributed by atoms with E-state index in [1.54, 1.807) is 0 Å². The van der Waals surface area contributed by atoms with Crippen molar-refractivity contribution in [2.75, 3.05) is 0 Å². The third-order valence-corrected chi connectivity index (χ3v) is 25.3. The summed E-state index contributed by atoms with van der Waals surface area (Å²) < 4.78 is 9.83. The molecule has 0 saturated carbocycles. The Labute approximate surface area is 668 Å². The first kappa shape index (κ1) is 64.3. The highest BCUT2D eigenvalue weighted by molar-refractivity contribution is 6.23. The number of aromatic nitrogens is 4. The molecule has 26 rings (SSSR count). The Morgan fingerprint density at radius 3 is 0.845 bits per heavy atom. The van der Waals surface area contributed by atoms with E-state index in [1.807, 2.05) is 0 Å². The average Bonchev–Trinajstić information content (AvgIpc) is 1.56. The number of para-hydroxylation sites is 4. The highest BCUT2D eigenvalue weighted by Crippen LogP contribution is 2.52. The summed E-state index contributed by atoms with van der Waals surface area (Å²) in [5, 5.41) is 20.4. The van der Waals surface area contributed by atoms with Crippen LogP contribution in [0.2, 0.25) is 0 Å². The lowest BCUT2D eigenvalue weighted by Crippen LogP contribution is -1.96. The number of nitrogens with zero attached hydrogens (tertiary/aromatic N) is 4. The average molecular weight is 1470 g/mol. The van der Waals surface area contributed by atoms with Crippen LogP contribution in [0.5, 0.6) is 0 Å². The van der Waals surface area contributed by atoms with Crippen LogP contribution in [0.25, 0.3) is 242 Å². The molecule has 0 atom stereocenters. The molecule has 0 spiro atoms. The van der Waals surface area contributed by atoms with Crippen molar-refractivity contribution >= 4 is 130 Å². The van der Waals surface area contributed by atoms with E-state index in [1.165, 1.54) is 236 Å². The predicted molar refractivity (Wildman–Crippen MR) is 491 cm³/mol. The topological polar surface area (TPSA) is 19.7 Å².